The molecule has 2 rings (SSSR count). The average molecular weight is 202 g/mol. The molecule has 0 saturated heterocycles. The van der Waals surface area contributed by atoms with E-state index in [4.69, 9.17) is 5.11 Å². The van der Waals surface area contributed by atoms with Gasteiger partial charge in [-0.05, 0) is 36.0 Å². The maximum absolute atomic E-state index is 10.3. The average Bonchev–Trinajstić information content (AvgIpc) is 2.64. The minimum Gasteiger partial charge on any atom is -0.481 e. The zero-order valence-electron chi connectivity index (χ0n) is 8.57. The van der Waals surface area contributed by atoms with Gasteiger partial charge in [-0.2, -0.15) is 0 Å². The lowest BCUT2D eigenvalue weighted by molar-refractivity contribution is -0.135. The Morgan fingerprint density at radius 1 is 1.33 bits per heavy atom. The fourth-order valence-corrected chi connectivity index (χ4v) is 1.99. The molecule has 0 fully saturated rings. The summed E-state index contributed by atoms with van der Waals surface area (Å²) in [5, 5.41) is 8.50. The van der Waals surface area contributed by atoms with Crippen LogP contribution in [0, 0.1) is 0 Å². The van der Waals surface area contributed by atoms with Crippen LogP contribution >= 0.6 is 0 Å². The monoisotopic (exact) mass is 202 g/mol. The Bertz CT molecular complexity index is 405. The van der Waals surface area contributed by atoms with Crippen molar-refractivity contribution in [1.82, 2.24) is 0 Å². The first-order valence-electron chi connectivity index (χ1n) is 5.26. The predicted octanol–water partition coefficient (Wildman–Crippen LogP) is 2.66. The fourth-order valence-electron chi connectivity index (χ4n) is 1.99. The topological polar surface area (TPSA) is 37.3 Å². The van der Waals surface area contributed by atoms with Crippen LogP contribution in [0.25, 0.3) is 6.08 Å². The van der Waals surface area contributed by atoms with Gasteiger partial charge in [-0.25, -0.2) is 0 Å². The number of carboxylic acid groups (broad SMARTS) is 1. The van der Waals surface area contributed by atoms with E-state index in [1.54, 1.807) is 6.08 Å². The lowest BCUT2D eigenvalue weighted by Gasteiger charge is -1.99. The van der Waals surface area contributed by atoms with Crippen molar-refractivity contribution in [2.75, 3.05) is 0 Å². The second-order valence-corrected chi connectivity index (χ2v) is 3.88. The SMILES string of the molecule is O=C(O)C/C=C/c1ccc2c(c1)CCC2. The van der Waals surface area contributed by atoms with Crippen LogP contribution in [-0.4, -0.2) is 11.1 Å². The first-order valence-corrected chi connectivity index (χ1v) is 5.26. The van der Waals surface area contributed by atoms with Gasteiger partial charge >= 0.3 is 5.97 Å². The van der Waals surface area contributed by atoms with Gasteiger partial charge in [-0.15, -0.1) is 0 Å². The molecule has 0 unspecified atom stereocenters. The van der Waals surface area contributed by atoms with E-state index in [9.17, 15) is 4.79 Å². The molecule has 0 aliphatic heterocycles. The zero-order valence-corrected chi connectivity index (χ0v) is 8.57. The van der Waals surface area contributed by atoms with Gasteiger partial charge in [0.05, 0.1) is 6.42 Å². The highest BCUT2D eigenvalue weighted by molar-refractivity contribution is 5.70. The molecule has 78 valence electrons. The largest absolute Gasteiger partial charge is 0.481 e. The van der Waals surface area contributed by atoms with Crippen LogP contribution in [-0.2, 0) is 17.6 Å². The molecular weight excluding hydrogens is 188 g/mol. The summed E-state index contributed by atoms with van der Waals surface area (Å²) in [6, 6.07) is 6.38. The quantitative estimate of drug-likeness (QED) is 0.818. The molecule has 1 aromatic rings. The molecule has 15 heavy (non-hydrogen) atoms. The van der Waals surface area contributed by atoms with E-state index in [2.05, 4.69) is 18.2 Å². The maximum Gasteiger partial charge on any atom is 0.307 e. The number of hydrogen-bond donors (Lipinski definition) is 1. The van der Waals surface area contributed by atoms with E-state index in [0.717, 1.165) is 12.0 Å². The highest BCUT2D eigenvalue weighted by Gasteiger charge is 2.09. The normalized spacial score (nSPS) is 14.4. The summed E-state index contributed by atoms with van der Waals surface area (Å²) in [5.74, 6) is -0.785. The lowest BCUT2D eigenvalue weighted by atomic mass is 10.1. The minimum absolute atomic E-state index is 0.0943. The van der Waals surface area contributed by atoms with Crippen molar-refractivity contribution in [3.05, 3.63) is 41.0 Å². The molecule has 1 N–H and O–H groups in total. The molecule has 2 nitrogen and oxygen atoms in total. The van der Waals surface area contributed by atoms with Crippen molar-refractivity contribution in [3.63, 3.8) is 0 Å². The van der Waals surface area contributed by atoms with E-state index >= 15 is 0 Å². The first kappa shape index (κ1) is 9.97. The molecule has 0 radical (unpaired) electrons. The molecule has 0 aromatic heterocycles. The molecule has 1 aliphatic rings. The van der Waals surface area contributed by atoms with Crippen molar-refractivity contribution in [3.8, 4) is 0 Å². The minimum atomic E-state index is -0.785. The van der Waals surface area contributed by atoms with Crippen molar-refractivity contribution in [1.29, 1.82) is 0 Å². The number of rotatable bonds is 3. The Balaban J connectivity index is 2.10. The number of fused-ring (bicyclic) bond motifs is 1. The Morgan fingerprint density at radius 3 is 2.93 bits per heavy atom. The van der Waals surface area contributed by atoms with Crippen molar-refractivity contribution in [2.45, 2.75) is 25.7 Å². The first-order chi connectivity index (χ1) is 7.25. The third kappa shape index (κ3) is 2.46. The number of benzene rings is 1. The molecule has 1 aliphatic carbocycles. The van der Waals surface area contributed by atoms with Crippen LogP contribution in [0.1, 0.15) is 29.5 Å². The summed E-state index contributed by atoms with van der Waals surface area (Å²) in [4.78, 5) is 10.3. The van der Waals surface area contributed by atoms with Gasteiger partial charge in [0.1, 0.15) is 0 Å². The van der Waals surface area contributed by atoms with Gasteiger partial charge in [0.25, 0.3) is 0 Å². The number of carboxylic acids is 1. The highest BCUT2D eigenvalue weighted by atomic mass is 16.4. The third-order valence-corrected chi connectivity index (χ3v) is 2.73. The van der Waals surface area contributed by atoms with Crippen LogP contribution in [0.4, 0.5) is 0 Å². The van der Waals surface area contributed by atoms with E-state index in [0.29, 0.717) is 0 Å². The Hall–Kier alpha value is -1.57. The van der Waals surface area contributed by atoms with Crippen LogP contribution < -0.4 is 0 Å². The molecule has 0 atom stereocenters. The van der Waals surface area contributed by atoms with E-state index < -0.39 is 5.97 Å². The Morgan fingerprint density at radius 2 is 2.13 bits per heavy atom. The third-order valence-electron chi connectivity index (χ3n) is 2.73. The van der Waals surface area contributed by atoms with Gasteiger partial charge in [-0.3, -0.25) is 4.79 Å². The van der Waals surface area contributed by atoms with Crippen LogP contribution in [0.2, 0.25) is 0 Å². The number of aryl methyl sites for hydroxylation is 2. The van der Waals surface area contributed by atoms with Crippen LogP contribution in [0.3, 0.4) is 0 Å². The molecule has 0 spiro atoms. The molecule has 2 heteroatoms. The zero-order chi connectivity index (χ0) is 10.7. The molecular formula is C13H14O2. The Kier molecular flexibility index (Phi) is 2.86. The van der Waals surface area contributed by atoms with Crippen molar-refractivity contribution < 1.29 is 9.90 Å². The summed E-state index contributed by atoms with van der Waals surface area (Å²) >= 11 is 0. The highest BCUT2D eigenvalue weighted by Crippen LogP contribution is 2.23. The van der Waals surface area contributed by atoms with Crippen LogP contribution in [0.15, 0.2) is 24.3 Å². The van der Waals surface area contributed by atoms with E-state index in [1.807, 2.05) is 6.08 Å². The summed E-state index contributed by atoms with van der Waals surface area (Å²) in [5.41, 5.74) is 3.98. The second-order valence-electron chi connectivity index (χ2n) is 3.88. The van der Waals surface area contributed by atoms with Gasteiger partial charge in [0.2, 0.25) is 0 Å². The summed E-state index contributed by atoms with van der Waals surface area (Å²) < 4.78 is 0. The van der Waals surface area contributed by atoms with E-state index in [1.165, 1.54) is 24.0 Å². The number of aliphatic carboxylic acids is 1. The van der Waals surface area contributed by atoms with Gasteiger partial charge < -0.3 is 5.11 Å². The molecule has 1 aromatic carbocycles. The van der Waals surface area contributed by atoms with Gasteiger partial charge in [0, 0.05) is 0 Å². The molecule has 0 amide bonds. The van der Waals surface area contributed by atoms with Crippen LogP contribution in [0.5, 0.6) is 0 Å². The van der Waals surface area contributed by atoms with Gasteiger partial charge in [-0.1, -0.05) is 30.4 Å². The fraction of sp³-hybridized carbons (Fsp3) is 0.308. The second kappa shape index (κ2) is 4.30. The van der Waals surface area contributed by atoms with Gasteiger partial charge in [0.15, 0.2) is 0 Å². The van der Waals surface area contributed by atoms with E-state index in [-0.39, 0.29) is 6.42 Å². The van der Waals surface area contributed by atoms with Crippen molar-refractivity contribution in [2.24, 2.45) is 0 Å². The summed E-state index contributed by atoms with van der Waals surface area (Å²) in [6.07, 6.45) is 7.27. The lowest BCUT2D eigenvalue weighted by Crippen LogP contribution is -1.89. The molecule has 0 heterocycles. The van der Waals surface area contributed by atoms with Crippen molar-refractivity contribution >= 4 is 12.0 Å². The molecule has 0 saturated carbocycles. The number of carbonyl (C=O) groups is 1. The predicted molar refractivity (Wildman–Crippen MR) is 59.8 cm³/mol. The number of hydrogen-bond acceptors (Lipinski definition) is 1. The summed E-state index contributed by atoms with van der Waals surface area (Å²) in [6.45, 7) is 0. The maximum atomic E-state index is 10.3. The standard InChI is InChI=1S/C13H14O2/c14-13(15)6-1-3-10-7-8-11-4-2-5-12(11)9-10/h1,3,7-9H,2,4-6H2,(H,14,15)/b3-1+. The summed E-state index contributed by atoms with van der Waals surface area (Å²) in [7, 11) is 0. The Labute approximate surface area is 89.2 Å². The smallest absolute Gasteiger partial charge is 0.307 e. The molecule has 0 bridgehead atoms.